The van der Waals surface area contributed by atoms with E-state index in [9.17, 15) is 56.2 Å². The van der Waals surface area contributed by atoms with Gasteiger partial charge in [-0.25, -0.2) is 0 Å². The summed E-state index contributed by atoms with van der Waals surface area (Å²) in [6.45, 7) is -1.43. The van der Waals surface area contributed by atoms with Crippen molar-refractivity contribution < 1.29 is 79.9 Å². The first-order valence-electron chi connectivity index (χ1n) is 17.7. The second-order valence-corrected chi connectivity index (χ2v) is 13.8. The van der Waals surface area contributed by atoms with Crippen molar-refractivity contribution in [1.82, 2.24) is 0 Å². The first-order chi connectivity index (χ1) is 26.8. The summed E-state index contributed by atoms with van der Waals surface area (Å²) in [7, 11) is 0. The minimum atomic E-state index is -1.79. The average Bonchev–Trinajstić information content (AvgIpc) is 3.57. The van der Waals surface area contributed by atoms with Crippen LogP contribution in [0.1, 0.15) is 39.8 Å². The molecule has 16 heteroatoms. The molecule has 16 nitrogen and oxygen atoms in total. The van der Waals surface area contributed by atoms with Gasteiger partial charge in [-0.1, -0.05) is 36.4 Å². The maximum absolute atomic E-state index is 10.8. The largest absolute Gasteiger partial charge is 0.508 e. The van der Waals surface area contributed by atoms with E-state index in [1.165, 1.54) is 42.5 Å². The van der Waals surface area contributed by atoms with Crippen molar-refractivity contribution in [3.63, 3.8) is 0 Å². The second-order valence-electron chi connectivity index (χ2n) is 13.8. The van der Waals surface area contributed by atoms with Crippen LogP contribution in [0.25, 0.3) is 12.2 Å². The number of phenolic OH excluding ortho intramolecular Hbond substituents is 3. The van der Waals surface area contributed by atoms with E-state index in [0.29, 0.717) is 28.0 Å². The third-order valence-corrected chi connectivity index (χ3v) is 10.1. The normalized spacial score (nSPS) is 31.5. The van der Waals surface area contributed by atoms with Gasteiger partial charge >= 0.3 is 0 Å². The van der Waals surface area contributed by atoms with Gasteiger partial charge in [-0.15, -0.1) is 0 Å². The molecule has 3 aliphatic heterocycles. The van der Waals surface area contributed by atoms with Crippen LogP contribution >= 0.6 is 0 Å². The van der Waals surface area contributed by atoms with Crippen molar-refractivity contribution in [2.75, 3.05) is 13.2 Å². The highest BCUT2D eigenvalue weighted by Crippen LogP contribution is 2.53. The Morgan fingerprint density at radius 1 is 0.536 bits per heavy atom. The first-order valence-corrected chi connectivity index (χ1v) is 17.7. The van der Waals surface area contributed by atoms with Gasteiger partial charge in [-0.2, -0.15) is 0 Å². The number of hydrogen-bond donors (Lipinski definition) is 11. The Morgan fingerprint density at radius 3 is 1.57 bits per heavy atom. The van der Waals surface area contributed by atoms with Crippen molar-refractivity contribution >= 4 is 12.2 Å². The van der Waals surface area contributed by atoms with Crippen LogP contribution in [0.2, 0.25) is 0 Å². The molecule has 4 aromatic rings. The lowest BCUT2D eigenvalue weighted by molar-refractivity contribution is -0.278. The van der Waals surface area contributed by atoms with E-state index in [2.05, 4.69) is 0 Å². The smallest absolute Gasteiger partial charge is 0.229 e. The van der Waals surface area contributed by atoms with E-state index in [4.69, 9.17) is 23.7 Å². The Labute approximate surface area is 319 Å². The summed E-state index contributed by atoms with van der Waals surface area (Å²) in [4.78, 5) is 0. The van der Waals surface area contributed by atoms with E-state index in [-0.39, 0.29) is 28.7 Å². The molecule has 0 radical (unpaired) electrons. The molecule has 12 atom stereocenters. The van der Waals surface area contributed by atoms with E-state index < -0.39 is 86.6 Å². The fourth-order valence-electron chi connectivity index (χ4n) is 7.10. The van der Waals surface area contributed by atoms with Gasteiger partial charge in [0.05, 0.1) is 19.1 Å². The third-order valence-electron chi connectivity index (χ3n) is 10.1. The molecule has 56 heavy (non-hydrogen) atoms. The zero-order valence-corrected chi connectivity index (χ0v) is 29.5. The van der Waals surface area contributed by atoms with Gasteiger partial charge < -0.3 is 79.9 Å². The lowest BCUT2D eigenvalue weighted by Gasteiger charge is -2.40. The molecular formula is C40H42O16. The van der Waals surface area contributed by atoms with Crippen LogP contribution in [0.15, 0.2) is 78.9 Å². The average molecular weight is 779 g/mol. The first kappa shape index (κ1) is 39.3. The highest BCUT2D eigenvalue weighted by molar-refractivity contribution is 5.75. The molecule has 3 heterocycles. The fourth-order valence-corrected chi connectivity index (χ4v) is 7.10. The minimum Gasteiger partial charge on any atom is -0.508 e. The van der Waals surface area contributed by atoms with Gasteiger partial charge in [0, 0.05) is 17.7 Å². The van der Waals surface area contributed by atoms with Gasteiger partial charge in [0.15, 0.2) is 0 Å². The molecule has 0 aliphatic carbocycles. The van der Waals surface area contributed by atoms with Gasteiger partial charge in [0.2, 0.25) is 12.6 Å². The lowest BCUT2D eigenvalue weighted by Crippen LogP contribution is -2.60. The van der Waals surface area contributed by atoms with Crippen LogP contribution in [-0.2, 0) is 9.47 Å². The Hall–Kier alpha value is -4.98. The van der Waals surface area contributed by atoms with Gasteiger partial charge in [-0.05, 0) is 64.7 Å². The SMILES string of the molecule is OCC1OC(Oc2cc(OC3OC(CO)C(O)C(O)C3O)cc(C3c4c(/C=C/c5ccc(O)cc5)cc(O)cc4OC3c3ccc(O)cc3)c2)C(O)C(O)C1O. The predicted molar refractivity (Wildman–Crippen MR) is 194 cm³/mol. The van der Waals surface area contributed by atoms with Crippen molar-refractivity contribution in [1.29, 1.82) is 0 Å². The molecule has 0 aromatic heterocycles. The molecule has 0 amide bonds. The number of benzene rings is 4. The summed E-state index contributed by atoms with van der Waals surface area (Å²) in [6.07, 6.45) is -13.6. The van der Waals surface area contributed by atoms with Crippen LogP contribution < -0.4 is 14.2 Å². The molecule has 0 saturated carbocycles. The quantitative estimate of drug-likeness (QED) is 0.0985. The summed E-state index contributed by atoms with van der Waals surface area (Å²) in [5, 5.41) is 114. The van der Waals surface area contributed by atoms with E-state index in [0.717, 1.165) is 5.56 Å². The molecule has 3 aliphatic rings. The van der Waals surface area contributed by atoms with Crippen molar-refractivity contribution in [3.8, 4) is 34.5 Å². The Kier molecular flexibility index (Phi) is 11.4. The highest BCUT2D eigenvalue weighted by atomic mass is 16.7. The van der Waals surface area contributed by atoms with Crippen LogP contribution in [0.3, 0.4) is 0 Å². The van der Waals surface area contributed by atoms with Gasteiger partial charge in [-0.3, -0.25) is 0 Å². The second kappa shape index (κ2) is 16.2. The number of aliphatic hydroxyl groups is 8. The number of phenols is 3. The number of ether oxygens (including phenoxy) is 5. The van der Waals surface area contributed by atoms with Crippen LogP contribution in [-0.4, -0.2) is 131 Å². The molecule has 4 aromatic carbocycles. The fraction of sp³-hybridized carbons (Fsp3) is 0.350. The van der Waals surface area contributed by atoms with E-state index in [1.807, 2.05) is 0 Å². The Morgan fingerprint density at radius 2 is 1.05 bits per heavy atom. The molecule has 2 fully saturated rings. The summed E-state index contributed by atoms with van der Waals surface area (Å²) in [6, 6.07) is 20.1. The monoisotopic (exact) mass is 778 g/mol. The molecule has 2 saturated heterocycles. The minimum absolute atomic E-state index is 0.00103. The summed E-state index contributed by atoms with van der Waals surface area (Å²) in [5.41, 5.74) is 2.85. The van der Waals surface area contributed by atoms with Crippen LogP contribution in [0.4, 0.5) is 0 Å². The molecule has 298 valence electrons. The molecular weight excluding hydrogens is 736 g/mol. The topological polar surface area (TPSA) is 269 Å². The number of hydrogen-bond acceptors (Lipinski definition) is 16. The predicted octanol–water partition coefficient (Wildman–Crippen LogP) is 0.597. The number of aromatic hydroxyl groups is 3. The van der Waals surface area contributed by atoms with Crippen molar-refractivity contribution in [3.05, 3.63) is 107 Å². The van der Waals surface area contributed by atoms with E-state index >= 15 is 0 Å². The highest BCUT2D eigenvalue weighted by Gasteiger charge is 2.47. The number of rotatable bonds is 10. The maximum atomic E-state index is 10.8. The van der Waals surface area contributed by atoms with Gasteiger partial charge in [0.1, 0.15) is 89.4 Å². The summed E-state index contributed by atoms with van der Waals surface area (Å²) < 4.78 is 29.8. The summed E-state index contributed by atoms with van der Waals surface area (Å²) >= 11 is 0. The Balaban J connectivity index is 1.36. The van der Waals surface area contributed by atoms with Crippen molar-refractivity contribution in [2.24, 2.45) is 0 Å². The lowest BCUT2D eigenvalue weighted by atomic mass is 9.82. The van der Waals surface area contributed by atoms with Crippen LogP contribution in [0.5, 0.6) is 34.5 Å². The maximum Gasteiger partial charge on any atom is 0.229 e. The van der Waals surface area contributed by atoms with E-state index in [1.54, 1.807) is 48.6 Å². The third kappa shape index (κ3) is 7.85. The number of fused-ring (bicyclic) bond motifs is 1. The van der Waals surface area contributed by atoms with Crippen LogP contribution in [0, 0.1) is 0 Å². The Bertz CT molecular complexity index is 1940. The molecule has 11 N–H and O–H groups in total. The molecule has 7 rings (SSSR count). The zero-order valence-electron chi connectivity index (χ0n) is 29.5. The standard InChI is InChI=1S/C40H42O16/c41-16-28-32(46)34(48)36(50)39(55-28)52-25-12-21(13-26(15-25)53-40-37(51)35(49)33(47)29(17-42)56-40)31-30-20(4-1-18-2-7-22(43)8-3-18)11-24(45)14-27(30)54-38(31)19-5-9-23(44)10-6-19/h1-15,28-29,31-51H,16-17H2/b4-1+. The molecule has 0 bridgehead atoms. The number of aliphatic hydroxyl groups excluding tert-OH is 8. The summed E-state index contributed by atoms with van der Waals surface area (Å²) in [5.74, 6) is -0.585. The zero-order chi connectivity index (χ0) is 39.8. The molecule has 12 unspecified atom stereocenters. The molecule has 0 spiro atoms. The van der Waals surface area contributed by atoms with Gasteiger partial charge in [0.25, 0.3) is 0 Å². The van der Waals surface area contributed by atoms with Crippen molar-refractivity contribution in [2.45, 2.75) is 73.4 Å².